The number of ether oxygens (including phenoxy) is 1. The molecule has 0 aromatic heterocycles. The molecular weight excluding hydrogens is 226 g/mol. The Balaban J connectivity index is 2.69. The van der Waals surface area contributed by atoms with Gasteiger partial charge in [0.25, 0.3) is 0 Å². The van der Waals surface area contributed by atoms with Crippen LogP contribution in [-0.4, -0.2) is 49.0 Å². The van der Waals surface area contributed by atoms with Crippen LogP contribution in [0.1, 0.15) is 47.0 Å². The second-order valence-electron chi connectivity index (χ2n) is 6.25. The van der Waals surface area contributed by atoms with Crippen LogP contribution in [0.4, 0.5) is 0 Å². The summed E-state index contributed by atoms with van der Waals surface area (Å²) in [5.41, 5.74) is -0.0164. The number of aliphatic hydroxyl groups is 1. The first kappa shape index (κ1) is 15.9. The van der Waals surface area contributed by atoms with Gasteiger partial charge in [0.05, 0.1) is 13.2 Å². The quantitative estimate of drug-likeness (QED) is 0.725. The fraction of sp³-hybridized carbons (Fsp3) is 1.00. The lowest BCUT2D eigenvalue weighted by molar-refractivity contribution is 0.0342. The zero-order valence-corrected chi connectivity index (χ0v) is 12.6. The van der Waals surface area contributed by atoms with Crippen molar-refractivity contribution in [3.05, 3.63) is 0 Å². The standard InChI is InChI=1S/C15H31NO2/c1-5-14(6-2)16(9-13(3)4)10-15(11-17)7-8-18-12-15/h13-14,17H,5-12H2,1-4H3. The molecular formula is C15H31NO2. The number of nitrogens with zero attached hydrogens (tertiary/aromatic N) is 1. The highest BCUT2D eigenvalue weighted by atomic mass is 16.5. The predicted molar refractivity (Wildman–Crippen MR) is 75.7 cm³/mol. The Morgan fingerprint density at radius 1 is 1.28 bits per heavy atom. The SMILES string of the molecule is CCC(CC)N(CC(C)C)CC1(CO)CCOC1. The van der Waals surface area contributed by atoms with Gasteiger partial charge in [-0.25, -0.2) is 0 Å². The van der Waals surface area contributed by atoms with Crippen molar-refractivity contribution in [3.8, 4) is 0 Å². The number of hydrogen-bond donors (Lipinski definition) is 1. The molecule has 0 aromatic carbocycles. The van der Waals surface area contributed by atoms with Crippen molar-refractivity contribution in [1.82, 2.24) is 4.90 Å². The molecule has 1 aliphatic rings. The van der Waals surface area contributed by atoms with Gasteiger partial charge in [-0.1, -0.05) is 27.7 Å². The van der Waals surface area contributed by atoms with E-state index in [1.54, 1.807) is 0 Å². The van der Waals surface area contributed by atoms with Crippen molar-refractivity contribution in [3.63, 3.8) is 0 Å². The van der Waals surface area contributed by atoms with E-state index in [1.807, 2.05) is 0 Å². The maximum absolute atomic E-state index is 9.72. The highest BCUT2D eigenvalue weighted by Gasteiger charge is 2.37. The van der Waals surface area contributed by atoms with Crippen molar-refractivity contribution >= 4 is 0 Å². The second-order valence-corrected chi connectivity index (χ2v) is 6.25. The summed E-state index contributed by atoms with van der Waals surface area (Å²) >= 11 is 0. The third kappa shape index (κ3) is 4.22. The Labute approximate surface area is 113 Å². The lowest BCUT2D eigenvalue weighted by atomic mass is 9.86. The molecule has 1 saturated heterocycles. The van der Waals surface area contributed by atoms with Crippen LogP contribution in [0.3, 0.4) is 0 Å². The molecule has 1 rings (SSSR count). The van der Waals surface area contributed by atoms with E-state index >= 15 is 0 Å². The molecule has 0 aromatic rings. The van der Waals surface area contributed by atoms with Crippen molar-refractivity contribution in [2.24, 2.45) is 11.3 Å². The van der Waals surface area contributed by atoms with Gasteiger partial charge < -0.3 is 9.84 Å². The van der Waals surface area contributed by atoms with E-state index in [0.717, 1.165) is 32.7 Å². The molecule has 1 atom stereocenters. The fourth-order valence-corrected chi connectivity index (χ4v) is 3.00. The van der Waals surface area contributed by atoms with Crippen molar-refractivity contribution in [2.45, 2.75) is 53.0 Å². The Morgan fingerprint density at radius 2 is 1.94 bits per heavy atom. The molecule has 1 fully saturated rings. The molecule has 0 amide bonds. The summed E-state index contributed by atoms with van der Waals surface area (Å²) in [6.45, 7) is 12.9. The minimum atomic E-state index is -0.0164. The van der Waals surface area contributed by atoms with E-state index in [1.165, 1.54) is 12.8 Å². The molecule has 108 valence electrons. The zero-order chi connectivity index (χ0) is 13.6. The highest BCUT2D eigenvalue weighted by molar-refractivity contribution is 4.88. The van der Waals surface area contributed by atoms with E-state index in [4.69, 9.17) is 4.74 Å². The van der Waals surface area contributed by atoms with Gasteiger partial charge in [-0.2, -0.15) is 0 Å². The molecule has 3 nitrogen and oxygen atoms in total. The maximum atomic E-state index is 9.72. The maximum Gasteiger partial charge on any atom is 0.0557 e. The van der Waals surface area contributed by atoms with E-state index in [0.29, 0.717) is 12.0 Å². The number of aliphatic hydroxyl groups excluding tert-OH is 1. The smallest absolute Gasteiger partial charge is 0.0557 e. The van der Waals surface area contributed by atoms with Gasteiger partial charge in [-0.3, -0.25) is 4.90 Å². The molecule has 18 heavy (non-hydrogen) atoms. The number of rotatable bonds is 8. The zero-order valence-electron chi connectivity index (χ0n) is 12.6. The molecule has 0 aliphatic carbocycles. The Hall–Kier alpha value is -0.120. The lowest BCUT2D eigenvalue weighted by Crippen LogP contribution is -2.46. The van der Waals surface area contributed by atoms with Crippen LogP contribution in [0.5, 0.6) is 0 Å². The van der Waals surface area contributed by atoms with E-state index in [-0.39, 0.29) is 12.0 Å². The van der Waals surface area contributed by atoms with Crippen LogP contribution in [0.2, 0.25) is 0 Å². The van der Waals surface area contributed by atoms with Gasteiger partial charge in [0.2, 0.25) is 0 Å². The Bertz CT molecular complexity index is 221. The van der Waals surface area contributed by atoms with Gasteiger partial charge in [0.1, 0.15) is 0 Å². The normalized spacial score (nSPS) is 24.7. The summed E-state index contributed by atoms with van der Waals surface area (Å²) in [7, 11) is 0. The summed E-state index contributed by atoms with van der Waals surface area (Å²) in [5.74, 6) is 0.670. The minimum absolute atomic E-state index is 0.0164. The number of hydrogen-bond acceptors (Lipinski definition) is 3. The Morgan fingerprint density at radius 3 is 2.33 bits per heavy atom. The molecule has 1 unspecified atom stereocenters. The van der Waals surface area contributed by atoms with Gasteiger partial charge >= 0.3 is 0 Å². The van der Waals surface area contributed by atoms with Gasteiger partial charge in [0.15, 0.2) is 0 Å². The van der Waals surface area contributed by atoms with Crippen molar-refractivity contribution in [1.29, 1.82) is 0 Å². The summed E-state index contributed by atoms with van der Waals surface area (Å²) in [4.78, 5) is 2.58. The van der Waals surface area contributed by atoms with Crippen LogP contribution in [-0.2, 0) is 4.74 Å². The second kappa shape index (κ2) is 7.46. The van der Waals surface area contributed by atoms with E-state index in [9.17, 15) is 5.11 Å². The first-order chi connectivity index (χ1) is 8.56. The van der Waals surface area contributed by atoms with Crippen LogP contribution in [0.25, 0.3) is 0 Å². The van der Waals surface area contributed by atoms with Gasteiger partial charge in [-0.15, -0.1) is 0 Å². The minimum Gasteiger partial charge on any atom is -0.396 e. The van der Waals surface area contributed by atoms with Crippen molar-refractivity contribution < 1.29 is 9.84 Å². The molecule has 1 heterocycles. The third-order valence-corrected chi connectivity index (χ3v) is 4.12. The molecule has 1 N–H and O–H groups in total. The van der Waals surface area contributed by atoms with Crippen LogP contribution >= 0.6 is 0 Å². The largest absolute Gasteiger partial charge is 0.396 e. The molecule has 3 heteroatoms. The average Bonchev–Trinajstić information content (AvgIpc) is 2.79. The van der Waals surface area contributed by atoms with Crippen LogP contribution < -0.4 is 0 Å². The molecule has 1 aliphatic heterocycles. The summed E-state index contributed by atoms with van der Waals surface area (Å²) < 4.78 is 5.52. The monoisotopic (exact) mass is 257 g/mol. The van der Waals surface area contributed by atoms with E-state index < -0.39 is 0 Å². The molecule has 0 spiro atoms. The summed E-state index contributed by atoms with van der Waals surface area (Å²) in [6.07, 6.45) is 3.37. The summed E-state index contributed by atoms with van der Waals surface area (Å²) in [6, 6.07) is 0.636. The summed E-state index contributed by atoms with van der Waals surface area (Å²) in [5, 5.41) is 9.72. The third-order valence-electron chi connectivity index (χ3n) is 4.12. The molecule has 0 radical (unpaired) electrons. The van der Waals surface area contributed by atoms with Crippen molar-refractivity contribution in [2.75, 3.05) is 32.9 Å². The van der Waals surface area contributed by atoms with Gasteiger partial charge in [0, 0.05) is 31.2 Å². The van der Waals surface area contributed by atoms with Crippen LogP contribution in [0.15, 0.2) is 0 Å². The molecule has 0 bridgehead atoms. The predicted octanol–water partition coefficient (Wildman–Crippen LogP) is 2.53. The first-order valence-electron chi connectivity index (χ1n) is 7.49. The van der Waals surface area contributed by atoms with Crippen LogP contribution in [0, 0.1) is 11.3 Å². The molecule has 0 saturated carbocycles. The Kier molecular flexibility index (Phi) is 6.61. The first-order valence-corrected chi connectivity index (χ1v) is 7.49. The van der Waals surface area contributed by atoms with Gasteiger partial charge in [-0.05, 0) is 25.2 Å². The fourth-order valence-electron chi connectivity index (χ4n) is 3.00. The lowest BCUT2D eigenvalue weighted by Gasteiger charge is -2.38. The average molecular weight is 257 g/mol. The van der Waals surface area contributed by atoms with E-state index in [2.05, 4.69) is 32.6 Å². The topological polar surface area (TPSA) is 32.7 Å². The highest BCUT2D eigenvalue weighted by Crippen LogP contribution is 2.30.